The van der Waals surface area contributed by atoms with E-state index in [1.807, 2.05) is 0 Å². The molecule has 0 fully saturated rings. The molecular weight excluding hydrogens is 204 g/mol. The molecule has 0 unspecified atom stereocenters. The SMILES string of the molecule is COc1csc(C(=O)NCC(N)=O)c1. The van der Waals surface area contributed by atoms with Gasteiger partial charge in [-0.3, -0.25) is 9.59 Å². The number of carbonyl (C=O) groups excluding carboxylic acids is 2. The second-order valence-corrected chi connectivity index (χ2v) is 3.41. The lowest BCUT2D eigenvalue weighted by Gasteiger charge is -1.98. The lowest BCUT2D eigenvalue weighted by atomic mass is 10.4. The first kappa shape index (κ1) is 10.5. The van der Waals surface area contributed by atoms with Gasteiger partial charge in [-0.05, 0) is 0 Å². The van der Waals surface area contributed by atoms with E-state index in [0.29, 0.717) is 10.6 Å². The molecule has 1 aromatic heterocycles. The number of methoxy groups -OCH3 is 1. The molecule has 0 saturated carbocycles. The summed E-state index contributed by atoms with van der Waals surface area (Å²) in [5.74, 6) is -0.266. The maximum atomic E-state index is 11.3. The summed E-state index contributed by atoms with van der Waals surface area (Å²) < 4.78 is 4.91. The number of hydrogen-bond donors (Lipinski definition) is 2. The van der Waals surface area contributed by atoms with E-state index in [1.54, 1.807) is 11.4 Å². The van der Waals surface area contributed by atoms with Crippen molar-refractivity contribution in [2.75, 3.05) is 13.7 Å². The topological polar surface area (TPSA) is 81.4 Å². The maximum Gasteiger partial charge on any atom is 0.261 e. The van der Waals surface area contributed by atoms with Crippen LogP contribution in [-0.2, 0) is 4.79 Å². The third-order valence-corrected chi connectivity index (χ3v) is 2.37. The summed E-state index contributed by atoms with van der Waals surface area (Å²) in [6, 6.07) is 1.60. The third-order valence-electron chi connectivity index (χ3n) is 1.46. The van der Waals surface area contributed by atoms with Crippen molar-refractivity contribution in [2.45, 2.75) is 0 Å². The Bertz CT molecular complexity index is 348. The normalized spacial score (nSPS) is 9.50. The predicted molar refractivity (Wildman–Crippen MR) is 52.4 cm³/mol. The van der Waals surface area contributed by atoms with Crippen molar-refractivity contribution in [1.29, 1.82) is 0 Å². The number of rotatable bonds is 4. The van der Waals surface area contributed by atoms with Crippen LogP contribution in [0.15, 0.2) is 11.4 Å². The van der Waals surface area contributed by atoms with Crippen molar-refractivity contribution >= 4 is 23.2 Å². The Balaban J connectivity index is 2.56. The quantitative estimate of drug-likeness (QED) is 0.738. The summed E-state index contributed by atoms with van der Waals surface area (Å²) in [6.45, 7) is -0.154. The van der Waals surface area contributed by atoms with Gasteiger partial charge in [-0.25, -0.2) is 0 Å². The molecule has 3 N–H and O–H groups in total. The van der Waals surface area contributed by atoms with Gasteiger partial charge in [0.25, 0.3) is 5.91 Å². The largest absolute Gasteiger partial charge is 0.496 e. The zero-order chi connectivity index (χ0) is 10.6. The maximum absolute atomic E-state index is 11.3. The Kier molecular flexibility index (Phi) is 3.47. The summed E-state index contributed by atoms with van der Waals surface area (Å²) in [5, 5.41) is 4.08. The van der Waals surface area contributed by atoms with Crippen molar-refractivity contribution in [1.82, 2.24) is 5.32 Å². The first-order chi connectivity index (χ1) is 6.63. The van der Waals surface area contributed by atoms with E-state index in [1.165, 1.54) is 18.4 Å². The van der Waals surface area contributed by atoms with Crippen LogP contribution in [0.4, 0.5) is 0 Å². The molecule has 76 valence electrons. The van der Waals surface area contributed by atoms with E-state index in [9.17, 15) is 9.59 Å². The van der Waals surface area contributed by atoms with Crippen LogP contribution in [0.5, 0.6) is 5.75 Å². The molecule has 1 heterocycles. The zero-order valence-electron chi connectivity index (χ0n) is 7.57. The standard InChI is InChI=1S/C8H10N2O3S/c1-13-5-2-6(14-4-5)8(12)10-3-7(9)11/h2,4H,3H2,1H3,(H2,9,11)(H,10,12). The monoisotopic (exact) mass is 214 g/mol. The average Bonchev–Trinajstić information content (AvgIpc) is 2.62. The van der Waals surface area contributed by atoms with Crippen molar-refractivity contribution in [3.63, 3.8) is 0 Å². The number of ether oxygens (including phenoxy) is 1. The lowest BCUT2D eigenvalue weighted by Crippen LogP contribution is -2.32. The second kappa shape index (κ2) is 4.61. The summed E-state index contributed by atoms with van der Waals surface area (Å²) in [7, 11) is 1.52. The molecular formula is C8H10N2O3S. The molecule has 0 radical (unpaired) electrons. The van der Waals surface area contributed by atoms with Gasteiger partial charge in [0.05, 0.1) is 18.5 Å². The van der Waals surface area contributed by atoms with Gasteiger partial charge in [0.2, 0.25) is 5.91 Å². The smallest absolute Gasteiger partial charge is 0.261 e. The molecule has 0 bridgehead atoms. The number of carbonyl (C=O) groups is 2. The molecule has 2 amide bonds. The molecule has 0 spiro atoms. The fraction of sp³-hybridized carbons (Fsp3) is 0.250. The predicted octanol–water partition coefficient (Wildman–Crippen LogP) is -0.0282. The zero-order valence-corrected chi connectivity index (χ0v) is 8.39. The fourth-order valence-corrected chi connectivity index (χ4v) is 1.57. The lowest BCUT2D eigenvalue weighted by molar-refractivity contribution is -0.117. The average molecular weight is 214 g/mol. The molecule has 5 nitrogen and oxygen atoms in total. The van der Waals surface area contributed by atoms with E-state index < -0.39 is 5.91 Å². The van der Waals surface area contributed by atoms with Crippen LogP contribution in [0.2, 0.25) is 0 Å². The molecule has 0 aliphatic heterocycles. The van der Waals surface area contributed by atoms with Crippen LogP contribution in [0, 0.1) is 0 Å². The number of nitrogens with two attached hydrogens (primary N) is 1. The highest BCUT2D eigenvalue weighted by molar-refractivity contribution is 7.12. The molecule has 0 aliphatic rings. The number of hydrogen-bond acceptors (Lipinski definition) is 4. The molecule has 6 heteroatoms. The minimum absolute atomic E-state index is 0.154. The highest BCUT2D eigenvalue weighted by atomic mass is 32.1. The van der Waals surface area contributed by atoms with Crippen LogP contribution in [0.3, 0.4) is 0 Å². The van der Waals surface area contributed by atoms with Gasteiger partial charge in [0.15, 0.2) is 0 Å². The van der Waals surface area contributed by atoms with E-state index in [0.717, 1.165) is 0 Å². The first-order valence-electron chi connectivity index (χ1n) is 3.82. The van der Waals surface area contributed by atoms with Crippen LogP contribution in [-0.4, -0.2) is 25.5 Å². The minimum atomic E-state index is -0.568. The van der Waals surface area contributed by atoms with Crippen molar-refractivity contribution in [3.05, 3.63) is 16.3 Å². The second-order valence-electron chi connectivity index (χ2n) is 2.50. The van der Waals surface area contributed by atoms with E-state index >= 15 is 0 Å². The fourth-order valence-electron chi connectivity index (χ4n) is 0.799. The van der Waals surface area contributed by atoms with Crippen LogP contribution < -0.4 is 15.8 Å². The number of nitrogens with one attached hydrogen (secondary N) is 1. The van der Waals surface area contributed by atoms with Crippen LogP contribution in [0.1, 0.15) is 9.67 Å². The minimum Gasteiger partial charge on any atom is -0.496 e. The van der Waals surface area contributed by atoms with Gasteiger partial charge in [-0.1, -0.05) is 0 Å². The van der Waals surface area contributed by atoms with Crippen LogP contribution in [0.25, 0.3) is 0 Å². The molecule has 1 aromatic rings. The molecule has 14 heavy (non-hydrogen) atoms. The third kappa shape index (κ3) is 2.74. The molecule has 0 aromatic carbocycles. The van der Waals surface area contributed by atoms with Gasteiger partial charge >= 0.3 is 0 Å². The number of amides is 2. The van der Waals surface area contributed by atoms with E-state index in [4.69, 9.17) is 10.5 Å². The molecule has 1 rings (SSSR count). The summed E-state index contributed by atoms with van der Waals surface area (Å²) >= 11 is 1.24. The molecule has 0 atom stereocenters. The molecule has 0 saturated heterocycles. The highest BCUT2D eigenvalue weighted by Gasteiger charge is 2.09. The number of thiophene rings is 1. The Morgan fingerprint density at radius 3 is 2.86 bits per heavy atom. The van der Waals surface area contributed by atoms with Gasteiger partial charge in [-0.2, -0.15) is 0 Å². The first-order valence-corrected chi connectivity index (χ1v) is 4.70. The van der Waals surface area contributed by atoms with Crippen LogP contribution >= 0.6 is 11.3 Å². The van der Waals surface area contributed by atoms with Crippen molar-refractivity contribution in [2.24, 2.45) is 5.73 Å². The molecule has 0 aliphatic carbocycles. The van der Waals surface area contributed by atoms with Crippen molar-refractivity contribution < 1.29 is 14.3 Å². The van der Waals surface area contributed by atoms with Gasteiger partial charge in [0, 0.05) is 11.4 Å². The summed E-state index contributed by atoms with van der Waals surface area (Å²) in [4.78, 5) is 22.2. The van der Waals surface area contributed by atoms with Gasteiger partial charge in [0.1, 0.15) is 5.75 Å². The van der Waals surface area contributed by atoms with Crippen molar-refractivity contribution in [3.8, 4) is 5.75 Å². The Hall–Kier alpha value is -1.56. The number of primary amides is 1. The Labute approximate surface area is 84.9 Å². The highest BCUT2D eigenvalue weighted by Crippen LogP contribution is 2.20. The Morgan fingerprint density at radius 2 is 2.36 bits per heavy atom. The van der Waals surface area contributed by atoms with E-state index in [-0.39, 0.29) is 12.5 Å². The Morgan fingerprint density at radius 1 is 1.64 bits per heavy atom. The van der Waals surface area contributed by atoms with Gasteiger partial charge in [-0.15, -0.1) is 11.3 Å². The summed E-state index contributed by atoms with van der Waals surface area (Å²) in [5.41, 5.74) is 4.88. The van der Waals surface area contributed by atoms with Gasteiger partial charge < -0.3 is 15.8 Å². The van der Waals surface area contributed by atoms with E-state index in [2.05, 4.69) is 5.32 Å². The summed E-state index contributed by atoms with van der Waals surface area (Å²) in [6.07, 6.45) is 0.